The van der Waals surface area contributed by atoms with Crippen LogP contribution in [0.5, 0.6) is 0 Å². The molecule has 0 aromatic heterocycles. The lowest BCUT2D eigenvalue weighted by atomic mass is 10.0. The van der Waals surface area contributed by atoms with Crippen LogP contribution in [0.1, 0.15) is 18.1 Å². The van der Waals surface area contributed by atoms with Gasteiger partial charge in [-0.3, -0.25) is 0 Å². The largest absolute Gasteiger partial charge is 0.389 e. The summed E-state index contributed by atoms with van der Waals surface area (Å²) in [5.41, 5.74) is 0.210. The van der Waals surface area contributed by atoms with Crippen molar-refractivity contribution < 1.29 is 10.2 Å². The number of benzene rings is 1. The highest BCUT2D eigenvalue weighted by Gasteiger charge is 2.22. The molecule has 86 valence electrons. The highest BCUT2D eigenvalue weighted by molar-refractivity contribution is 6.43. The molecule has 0 saturated carbocycles. The van der Waals surface area contributed by atoms with Gasteiger partial charge < -0.3 is 10.2 Å². The molecule has 2 N–H and O–H groups in total. The lowest BCUT2D eigenvalue weighted by Crippen LogP contribution is -2.17. The molecule has 0 aliphatic carbocycles. The molecule has 2 atom stereocenters. The van der Waals surface area contributed by atoms with E-state index in [1.54, 1.807) is 6.07 Å². The topological polar surface area (TPSA) is 64.2 Å². The van der Waals surface area contributed by atoms with Gasteiger partial charge >= 0.3 is 0 Å². The van der Waals surface area contributed by atoms with Crippen LogP contribution in [0, 0.1) is 11.3 Å². The summed E-state index contributed by atoms with van der Waals surface area (Å²) in [6.07, 6.45) is -2.72. The number of nitriles is 1. The van der Waals surface area contributed by atoms with E-state index in [2.05, 4.69) is 0 Å². The van der Waals surface area contributed by atoms with Crippen molar-refractivity contribution in [2.45, 2.75) is 18.6 Å². The second-order valence-corrected chi connectivity index (χ2v) is 4.39. The van der Waals surface area contributed by atoms with Gasteiger partial charge in [-0.2, -0.15) is 5.26 Å². The summed E-state index contributed by atoms with van der Waals surface area (Å²) in [5, 5.41) is 28.2. The molecule has 0 bridgehead atoms. The molecule has 16 heavy (non-hydrogen) atoms. The summed E-state index contributed by atoms with van der Waals surface area (Å²) in [7, 11) is 0. The maximum Gasteiger partial charge on any atom is 0.107 e. The molecule has 3 nitrogen and oxygen atoms in total. The fourth-order valence-electron chi connectivity index (χ4n) is 1.20. The predicted molar refractivity (Wildman–Crippen MR) is 62.7 cm³/mol. The van der Waals surface area contributed by atoms with E-state index in [1.165, 1.54) is 12.1 Å². The van der Waals surface area contributed by atoms with Crippen molar-refractivity contribution >= 4 is 34.8 Å². The molecule has 0 radical (unpaired) electrons. The third kappa shape index (κ3) is 3.00. The molecule has 0 heterocycles. The van der Waals surface area contributed by atoms with Crippen molar-refractivity contribution in [3.63, 3.8) is 0 Å². The minimum Gasteiger partial charge on any atom is -0.389 e. The first-order valence-corrected chi connectivity index (χ1v) is 5.48. The van der Waals surface area contributed by atoms with E-state index in [0.717, 1.165) is 0 Å². The van der Waals surface area contributed by atoms with Gasteiger partial charge in [-0.25, -0.2) is 0 Å². The first kappa shape index (κ1) is 13.6. The summed E-state index contributed by atoms with van der Waals surface area (Å²) in [5.74, 6) is 0. The van der Waals surface area contributed by atoms with Crippen LogP contribution < -0.4 is 0 Å². The van der Waals surface area contributed by atoms with Gasteiger partial charge in [0.05, 0.1) is 28.6 Å². The molecule has 1 aromatic carbocycles. The summed E-state index contributed by atoms with van der Waals surface area (Å²) < 4.78 is 0. The highest BCUT2D eigenvalue weighted by atomic mass is 35.5. The van der Waals surface area contributed by atoms with Crippen LogP contribution in [0.3, 0.4) is 0 Å². The van der Waals surface area contributed by atoms with Crippen LogP contribution in [0.2, 0.25) is 15.1 Å². The van der Waals surface area contributed by atoms with Gasteiger partial charge in [0.1, 0.15) is 6.10 Å². The normalized spacial score (nSPS) is 14.2. The fourth-order valence-corrected chi connectivity index (χ4v) is 1.93. The quantitative estimate of drug-likeness (QED) is 0.837. The Morgan fingerprint density at radius 1 is 1.25 bits per heavy atom. The van der Waals surface area contributed by atoms with Crippen LogP contribution in [0.4, 0.5) is 0 Å². The van der Waals surface area contributed by atoms with Crippen LogP contribution in [-0.4, -0.2) is 16.3 Å². The maximum atomic E-state index is 9.75. The van der Waals surface area contributed by atoms with Gasteiger partial charge in [0.25, 0.3) is 0 Å². The van der Waals surface area contributed by atoms with Crippen molar-refractivity contribution in [1.29, 1.82) is 5.26 Å². The van der Waals surface area contributed by atoms with Crippen LogP contribution in [0.25, 0.3) is 0 Å². The predicted octanol–water partition coefficient (Wildman–Crippen LogP) is 2.95. The Morgan fingerprint density at radius 2 is 1.88 bits per heavy atom. The molecule has 0 fully saturated rings. The third-order valence-electron chi connectivity index (χ3n) is 2.00. The number of halogens is 3. The Bertz CT molecular complexity index is 431. The Balaban J connectivity index is 3.08. The molecule has 0 amide bonds. The van der Waals surface area contributed by atoms with E-state index in [-0.39, 0.29) is 22.0 Å². The van der Waals surface area contributed by atoms with E-state index in [4.69, 9.17) is 40.1 Å². The standard InChI is InChI=1S/C10H8Cl3NO2/c11-5-3-6(9(13)7(12)4-5)10(16)8(15)1-2-14/h3-4,8,10,15-16H,1H2. The molecular formula is C10H8Cl3NO2. The van der Waals surface area contributed by atoms with E-state index in [9.17, 15) is 10.2 Å². The zero-order valence-electron chi connectivity index (χ0n) is 7.99. The average Bonchev–Trinajstić information content (AvgIpc) is 2.22. The summed E-state index contributed by atoms with van der Waals surface area (Å²) in [6, 6.07) is 4.58. The molecule has 1 aromatic rings. The molecule has 0 saturated heterocycles. The second-order valence-electron chi connectivity index (χ2n) is 3.17. The first-order valence-electron chi connectivity index (χ1n) is 4.35. The zero-order valence-corrected chi connectivity index (χ0v) is 10.3. The molecule has 6 heteroatoms. The van der Waals surface area contributed by atoms with Crippen molar-refractivity contribution in [2.75, 3.05) is 0 Å². The van der Waals surface area contributed by atoms with Gasteiger partial charge in [0, 0.05) is 10.6 Å². The highest BCUT2D eigenvalue weighted by Crippen LogP contribution is 2.34. The molecular weight excluding hydrogens is 272 g/mol. The van der Waals surface area contributed by atoms with Gasteiger partial charge in [-0.15, -0.1) is 0 Å². The molecule has 0 spiro atoms. The summed E-state index contributed by atoms with van der Waals surface area (Å²) in [6.45, 7) is 0. The lowest BCUT2D eigenvalue weighted by molar-refractivity contribution is 0.0217. The third-order valence-corrected chi connectivity index (χ3v) is 3.04. The van der Waals surface area contributed by atoms with Crippen molar-refractivity contribution in [3.8, 4) is 6.07 Å². The van der Waals surface area contributed by atoms with Crippen LogP contribution in [0.15, 0.2) is 12.1 Å². The average molecular weight is 281 g/mol. The zero-order chi connectivity index (χ0) is 12.3. The maximum absolute atomic E-state index is 9.75. The minimum atomic E-state index is -1.29. The van der Waals surface area contributed by atoms with Gasteiger partial charge in [0.15, 0.2) is 0 Å². The number of hydrogen-bond acceptors (Lipinski definition) is 3. The van der Waals surface area contributed by atoms with Gasteiger partial charge in [-0.1, -0.05) is 34.8 Å². The number of aliphatic hydroxyl groups is 2. The first-order chi connectivity index (χ1) is 7.47. The van der Waals surface area contributed by atoms with Crippen molar-refractivity contribution in [2.24, 2.45) is 0 Å². The summed E-state index contributed by atoms with van der Waals surface area (Å²) >= 11 is 17.4. The number of nitrogens with zero attached hydrogens (tertiary/aromatic N) is 1. The smallest absolute Gasteiger partial charge is 0.107 e. The molecule has 0 aliphatic heterocycles. The molecule has 0 aliphatic rings. The van der Waals surface area contributed by atoms with Crippen LogP contribution >= 0.6 is 34.8 Å². The van der Waals surface area contributed by atoms with Crippen LogP contribution in [-0.2, 0) is 0 Å². The number of hydrogen-bond donors (Lipinski definition) is 2. The molecule has 1 rings (SSSR count). The SMILES string of the molecule is N#CCC(O)C(O)c1cc(Cl)cc(Cl)c1Cl. The van der Waals surface area contributed by atoms with Crippen molar-refractivity contribution in [1.82, 2.24) is 0 Å². The lowest BCUT2D eigenvalue weighted by Gasteiger charge is -2.17. The van der Waals surface area contributed by atoms with E-state index >= 15 is 0 Å². The summed E-state index contributed by atoms with van der Waals surface area (Å²) in [4.78, 5) is 0. The van der Waals surface area contributed by atoms with E-state index in [1.807, 2.05) is 0 Å². The monoisotopic (exact) mass is 279 g/mol. The fraction of sp³-hybridized carbons (Fsp3) is 0.300. The Kier molecular flexibility index (Phi) is 4.85. The molecule has 2 unspecified atom stereocenters. The Morgan fingerprint density at radius 3 is 2.44 bits per heavy atom. The number of aliphatic hydroxyl groups excluding tert-OH is 2. The van der Waals surface area contributed by atoms with E-state index in [0.29, 0.717) is 5.02 Å². The Labute approximate surface area is 108 Å². The second kappa shape index (κ2) is 5.72. The number of rotatable bonds is 3. The van der Waals surface area contributed by atoms with Gasteiger partial charge in [-0.05, 0) is 12.1 Å². The van der Waals surface area contributed by atoms with Gasteiger partial charge in [0.2, 0.25) is 0 Å². The van der Waals surface area contributed by atoms with Crippen molar-refractivity contribution in [3.05, 3.63) is 32.8 Å². The minimum absolute atomic E-state index is 0.121. The Hall–Kier alpha value is -0.500. The van der Waals surface area contributed by atoms with E-state index < -0.39 is 12.2 Å².